The smallest absolute Gasteiger partial charge is 0.247 e. The molecule has 5 heteroatoms. The standard InChI is InChI=1S/C19H19FN2O2/c1-2-22-17(23)11-14-7-3-4-9-16(14)18(22)19(24)21-12-13-6-5-8-15(20)10-13/h3-10,18H,2,11-12H2,1H3,(H,21,24)/t18-/m1/s1. The predicted octanol–water partition coefficient (Wildman–Crippen LogP) is 2.59. The average molecular weight is 326 g/mol. The molecule has 24 heavy (non-hydrogen) atoms. The van der Waals surface area contributed by atoms with Gasteiger partial charge in [0.1, 0.15) is 11.9 Å². The molecule has 0 unspecified atom stereocenters. The lowest BCUT2D eigenvalue weighted by Gasteiger charge is -2.35. The Kier molecular flexibility index (Phi) is 4.60. The fourth-order valence-corrected chi connectivity index (χ4v) is 3.11. The first kappa shape index (κ1) is 16.2. The van der Waals surface area contributed by atoms with Gasteiger partial charge in [-0.1, -0.05) is 36.4 Å². The van der Waals surface area contributed by atoms with E-state index in [1.807, 2.05) is 31.2 Å². The Morgan fingerprint density at radius 1 is 1.25 bits per heavy atom. The van der Waals surface area contributed by atoms with Crippen molar-refractivity contribution in [3.05, 3.63) is 71.0 Å². The number of fused-ring (bicyclic) bond motifs is 1. The summed E-state index contributed by atoms with van der Waals surface area (Å²) in [6.07, 6.45) is 0.317. The third kappa shape index (κ3) is 3.15. The van der Waals surface area contributed by atoms with Crippen LogP contribution in [-0.4, -0.2) is 23.3 Å². The number of rotatable bonds is 4. The van der Waals surface area contributed by atoms with Crippen LogP contribution in [0.15, 0.2) is 48.5 Å². The molecule has 3 rings (SSSR count). The van der Waals surface area contributed by atoms with Gasteiger partial charge in [0, 0.05) is 13.1 Å². The molecule has 2 amide bonds. The van der Waals surface area contributed by atoms with E-state index in [2.05, 4.69) is 5.32 Å². The Morgan fingerprint density at radius 3 is 2.79 bits per heavy atom. The summed E-state index contributed by atoms with van der Waals surface area (Å²) >= 11 is 0. The van der Waals surface area contributed by atoms with Gasteiger partial charge >= 0.3 is 0 Å². The molecule has 0 fully saturated rings. The Morgan fingerprint density at radius 2 is 2.04 bits per heavy atom. The third-order valence-corrected chi connectivity index (χ3v) is 4.27. The maximum absolute atomic E-state index is 13.2. The molecule has 0 aliphatic carbocycles. The van der Waals surface area contributed by atoms with E-state index in [0.717, 1.165) is 11.1 Å². The minimum Gasteiger partial charge on any atom is -0.350 e. The Balaban J connectivity index is 1.82. The predicted molar refractivity (Wildman–Crippen MR) is 88.5 cm³/mol. The van der Waals surface area contributed by atoms with Gasteiger partial charge in [-0.25, -0.2) is 4.39 Å². The van der Waals surface area contributed by atoms with Gasteiger partial charge in [0.2, 0.25) is 11.8 Å². The van der Waals surface area contributed by atoms with Crippen LogP contribution >= 0.6 is 0 Å². The van der Waals surface area contributed by atoms with E-state index in [1.165, 1.54) is 12.1 Å². The first-order chi connectivity index (χ1) is 11.6. The lowest BCUT2D eigenvalue weighted by atomic mass is 9.91. The summed E-state index contributed by atoms with van der Waals surface area (Å²) in [6, 6.07) is 13.0. The molecule has 0 bridgehead atoms. The first-order valence-electron chi connectivity index (χ1n) is 7.99. The molecular weight excluding hydrogens is 307 g/mol. The third-order valence-electron chi connectivity index (χ3n) is 4.27. The number of carbonyl (C=O) groups excluding carboxylic acids is 2. The second kappa shape index (κ2) is 6.83. The SMILES string of the molecule is CCN1C(=O)Cc2ccccc2[C@@H]1C(=O)NCc1cccc(F)c1. The van der Waals surface area contributed by atoms with Crippen LogP contribution in [0.3, 0.4) is 0 Å². The molecule has 2 aromatic rings. The number of nitrogens with one attached hydrogen (secondary N) is 1. The quantitative estimate of drug-likeness (QED) is 0.939. The summed E-state index contributed by atoms with van der Waals surface area (Å²) in [7, 11) is 0. The van der Waals surface area contributed by atoms with Crippen molar-refractivity contribution in [2.24, 2.45) is 0 Å². The normalized spacial score (nSPS) is 16.7. The topological polar surface area (TPSA) is 49.4 Å². The van der Waals surface area contributed by atoms with Crippen molar-refractivity contribution in [3.8, 4) is 0 Å². The highest BCUT2D eigenvalue weighted by molar-refractivity contribution is 5.92. The lowest BCUT2D eigenvalue weighted by molar-refractivity contribution is -0.141. The molecule has 0 saturated carbocycles. The molecule has 124 valence electrons. The fourth-order valence-electron chi connectivity index (χ4n) is 3.11. The molecule has 0 aromatic heterocycles. The van der Waals surface area contributed by atoms with Gasteiger partial charge in [0.15, 0.2) is 0 Å². The van der Waals surface area contributed by atoms with Crippen LogP contribution in [0.4, 0.5) is 4.39 Å². The average Bonchev–Trinajstić information content (AvgIpc) is 2.58. The fraction of sp³-hybridized carbons (Fsp3) is 0.263. The maximum atomic E-state index is 13.2. The molecule has 2 aromatic carbocycles. The van der Waals surface area contributed by atoms with Crippen molar-refractivity contribution in [2.75, 3.05) is 6.54 Å². The Bertz CT molecular complexity index is 775. The van der Waals surface area contributed by atoms with Gasteiger partial charge in [-0.3, -0.25) is 9.59 Å². The van der Waals surface area contributed by atoms with Crippen LogP contribution < -0.4 is 5.32 Å². The van der Waals surface area contributed by atoms with E-state index in [4.69, 9.17) is 0 Å². The van der Waals surface area contributed by atoms with Crippen molar-refractivity contribution < 1.29 is 14.0 Å². The monoisotopic (exact) mass is 326 g/mol. The van der Waals surface area contributed by atoms with Gasteiger partial charge in [0.05, 0.1) is 6.42 Å². The van der Waals surface area contributed by atoms with Gasteiger partial charge in [-0.15, -0.1) is 0 Å². The maximum Gasteiger partial charge on any atom is 0.247 e. The summed E-state index contributed by atoms with van der Waals surface area (Å²) in [5.74, 6) is -0.640. The van der Waals surface area contributed by atoms with Crippen LogP contribution in [0.25, 0.3) is 0 Å². The number of nitrogens with zero attached hydrogens (tertiary/aromatic N) is 1. The van der Waals surface area contributed by atoms with Crippen LogP contribution in [0.5, 0.6) is 0 Å². The minimum absolute atomic E-state index is 0.0536. The van der Waals surface area contributed by atoms with E-state index >= 15 is 0 Å². The highest BCUT2D eigenvalue weighted by atomic mass is 19.1. The van der Waals surface area contributed by atoms with Crippen LogP contribution in [0.1, 0.15) is 29.7 Å². The molecule has 1 N–H and O–H groups in total. The molecule has 1 heterocycles. The van der Waals surface area contributed by atoms with E-state index in [9.17, 15) is 14.0 Å². The second-order valence-electron chi connectivity index (χ2n) is 5.81. The van der Waals surface area contributed by atoms with E-state index in [0.29, 0.717) is 18.5 Å². The second-order valence-corrected chi connectivity index (χ2v) is 5.81. The van der Waals surface area contributed by atoms with Crippen LogP contribution in [0, 0.1) is 5.82 Å². The van der Waals surface area contributed by atoms with Crippen molar-refractivity contribution in [1.29, 1.82) is 0 Å². The van der Waals surface area contributed by atoms with Crippen molar-refractivity contribution in [2.45, 2.75) is 25.9 Å². The highest BCUT2D eigenvalue weighted by Crippen LogP contribution is 2.30. The molecule has 4 nitrogen and oxygen atoms in total. The molecule has 0 spiro atoms. The highest BCUT2D eigenvalue weighted by Gasteiger charge is 2.35. The number of likely N-dealkylation sites (N-methyl/N-ethyl adjacent to an activating group) is 1. The zero-order valence-corrected chi connectivity index (χ0v) is 13.5. The number of amides is 2. The van der Waals surface area contributed by atoms with Gasteiger partial charge in [-0.2, -0.15) is 0 Å². The number of benzene rings is 2. The summed E-state index contributed by atoms with van der Waals surface area (Å²) < 4.78 is 13.2. The zero-order valence-electron chi connectivity index (χ0n) is 13.5. The van der Waals surface area contributed by atoms with Crippen molar-refractivity contribution in [3.63, 3.8) is 0 Å². The number of carbonyl (C=O) groups is 2. The zero-order chi connectivity index (χ0) is 17.1. The number of halogens is 1. The number of hydrogen-bond donors (Lipinski definition) is 1. The molecule has 0 saturated heterocycles. The lowest BCUT2D eigenvalue weighted by Crippen LogP contribution is -2.47. The molecule has 1 aliphatic rings. The molecular formula is C19H19FN2O2. The Labute approximate surface area is 140 Å². The van der Waals surface area contributed by atoms with Crippen molar-refractivity contribution in [1.82, 2.24) is 10.2 Å². The summed E-state index contributed by atoms with van der Waals surface area (Å²) in [4.78, 5) is 26.6. The Hall–Kier alpha value is -2.69. The minimum atomic E-state index is -0.638. The largest absolute Gasteiger partial charge is 0.350 e. The van der Waals surface area contributed by atoms with Gasteiger partial charge in [0.25, 0.3) is 0 Å². The summed E-state index contributed by atoms with van der Waals surface area (Å²) in [6.45, 7) is 2.55. The number of hydrogen-bond acceptors (Lipinski definition) is 2. The van der Waals surface area contributed by atoms with Crippen LogP contribution in [0.2, 0.25) is 0 Å². The van der Waals surface area contributed by atoms with Crippen LogP contribution in [-0.2, 0) is 22.6 Å². The summed E-state index contributed by atoms with van der Waals surface area (Å²) in [5.41, 5.74) is 2.43. The molecule has 0 radical (unpaired) electrons. The van der Waals surface area contributed by atoms with E-state index in [-0.39, 0.29) is 24.2 Å². The molecule has 1 aliphatic heterocycles. The van der Waals surface area contributed by atoms with Gasteiger partial charge in [-0.05, 0) is 35.7 Å². The van der Waals surface area contributed by atoms with E-state index < -0.39 is 6.04 Å². The molecule has 1 atom stereocenters. The van der Waals surface area contributed by atoms with Crippen molar-refractivity contribution >= 4 is 11.8 Å². The first-order valence-corrected chi connectivity index (χ1v) is 7.99. The summed E-state index contributed by atoms with van der Waals surface area (Å²) in [5, 5.41) is 2.82. The van der Waals surface area contributed by atoms with E-state index in [1.54, 1.807) is 17.0 Å². The van der Waals surface area contributed by atoms with Gasteiger partial charge < -0.3 is 10.2 Å².